The summed E-state index contributed by atoms with van der Waals surface area (Å²) in [6, 6.07) is 16.7. The van der Waals surface area contributed by atoms with E-state index in [0.717, 1.165) is 34.8 Å². The molecule has 0 aliphatic carbocycles. The molecule has 0 bridgehead atoms. The summed E-state index contributed by atoms with van der Waals surface area (Å²) in [4.78, 5) is 12.4. The number of carbonyl (C=O) groups is 1. The lowest BCUT2D eigenvalue weighted by atomic mass is 10.1. The van der Waals surface area contributed by atoms with E-state index >= 15 is 0 Å². The number of amides is 1. The van der Waals surface area contributed by atoms with Crippen LogP contribution in [-0.4, -0.2) is 20.6 Å². The van der Waals surface area contributed by atoms with E-state index < -0.39 is 27.7 Å². The number of hydrogen-bond donors (Lipinski definition) is 1. The second-order valence-electron chi connectivity index (χ2n) is 6.94. The van der Waals surface area contributed by atoms with Crippen molar-refractivity contribution in [2.75, 3.05) is 15.9 Å². The van der Waals surface area contributed by atoms with E-state index in [4.69, 9.17) is 11.6 Å². The molecule has 3 aromatic carbocycles. The number of halogens is 4. The Kier molecular flexibility index (Phi) is 6.80. The third kappa shape index (κ3) is 5.80. The van der Waals surface area contributed by atoms with Crippen LogP contribution in [-0.2, 0) is 22.7 Å². The Morgan fingerprint density at radius 2 is 1.56 bits per heavy atom. The first kappa shape index (κ1) is 23.6. The first-order valence-electron chi connectivity index (χ1n) is 9.25. The molecule has 0 unspecified atom stereocenters. The van der Waals surface area contributed by atoms with Gasteiger partial charge in [-0.1, -0.05) is 29.8 Å². The zero-order valence-corrected chi connectivity index (χ0v) is 18.3. The molecular formula is C22H18ClF3N2O3S. The van der Waals surface area contributed by atoms with Gasteiger partial charge in [0, 0.05) is 16.3 Å². The predicted octanol–water partition coefficient (Wildman–Crippen LogP) is 5.58. The maximum Gasteiger partial charge on any atom is 0.416 e. The largest absolute Gasteiger partial charge is 0.416 e. The van der Waals surface area contributed by atoms with Crippen molar-refractivity contribution in [1.82, 2.24) is 0 Å². The molecule has 5 nitrogen and oxygen atoms in total. The van der Waals surface area contributed by atoms with Crippen LogP contribution in [0.4, 0.5) is 24.5 Å². The number of nitrogens with zero attached hydrogens (tertiary/aromatic N) is 1. The molecule has 0 saturated heterocycles. The Balaban J connectivity index is 1.77. The number of hydrogen-bond acceptors (Lipinski definition) is 3. The first-order chi connectivity index (χ1) is 14.9. The molecule has 32 heavy (non-hydrogen) atoms. The van der Waals surface area contributed by atoms with E-state index in [0.29, 0.717) is 16.3 Å². The number of benzene rings is 3. The average molecular weight is 483 g/mol. The maximum atomic E-state index is 12.7. The number of carbonyl (C=O) groups excluding carboxylic acids is 1. The molecule has 0 spiro atoms. The number of rotatable bonds is 6. The summed E-state index contributed by atoms with van der Waals surface area (Å²) < 4.78 is 63.8. The van der Waals surface area contributed by atoms with Gasteiger partial charge in [-0.05, 0) is 60.2 Å². The topological polar surface area (TPSA) is 66.5 Å². The molecule has 3 aromatic rings. The van der Waals surface area contributed by atoms with Gasteiger partial charge in [-0.25, -0.2) is 8.42 Å². The minimum atomic E-state index is -4.46. The first-order valence-corrected chi connectivity index (χ1v) is 11.5. The molecule has 1 amide bonds. The quantitative estimate of drug-likeness (QED) is 0.499. The monoisotopic (exact) mass is 482 g/mol. The van der Waals surface area contributed by atoms with Crippen LogP contribution >= 0.6 is 11.6 Å². The molecule has 10 heteroatoms. The third-order valence-electron chi connectivity index (χ3n) is 4.56. The van der Waals surface area contributed by atoms with Crippen LogP contribution in [0, 0.1) is 0 Å². The van der Waals surface area contributed by atoms with Crippen molar-refractivity contribution < 1.29 is 26.4 Å². The fraction of sp³-hybridized carbons (Fsp3) is 0.136. The van der Waals surface area contributed by atoms with Gasteiger partial charge in [-0.2, -0.15) is 13.2 Å². The summed E-state index contributed by atoms with van der Waals surface area (Å²) >= 11 is 6.15. The number of alkyl halides is 3. The minimum absolute atomic E-state index is 0.00953. The van der Waals surface area contributed by atoms with Crippen LogP contribution in [0.15, 0.2) is 72.8 Å². The summed E-state index contributed by atoms with van der Waals surface area (Å²) in [6.45, 7) is 0.00953. The van der Waals surface area contributed by atoms with Crippen LogP contribution in [0.3, 0.4) is 0 Å². The van der Waals surface area contributed by atoms with Gasteiger partial charge >= 0.3 is 6.18 Å². The van der Waals surface area contributed by atoms with E-state index in [1.807, 2.05) is 0 Å². The van der Waals surface area contributed by atoms with Crippen molar-refractivity contribution in [1.29, 1.82) is 0 Å². The van der Waals surface area contributed by atoms with Crippen molar-refractivity contribution in [3.8, 4) is 0 Å². The van der Waals surface area contributed by atoms with Crippen molar-refractivity contribution in [2.24, 2.45) is 0 Å². The van der Waals surface area contributed by atoms with Gasteiger partial charge in [0.25, 0.3) is 5.91 Å². The molecule has 0 aromatic heterocycles. The lowest BCUT2D eigenvalue weighted by molar-refractivity contribution is -0.137. The number of nitrogens with one attached hydrogen (secondary N) is 1. The standard InChI is InChI=1S/C22H18ClF3N2O3S/c1-32(30,31)28(14-16-4-2-3-5-20(16)23)19-12-6-15(7-13-19)21(29)27-18-10-8-17(9-11-18)22(24,25)26/h2-13H,14H2,1H3,(H,27,29). The van der Waals surface area contributed by atoms with Crippen LogP contribution in [0.1, 0.15) is 21.5 Å². The van der Waals surface area contributed by atoms with Crippen molar-refractivity contribution in [2.45, 2.75) is 12.7 Å². The smallest absolute Gasteiger partial charge is 0.322 e. The van der Waals surface area contributed by atoms with E-state index in [2.05, 4.69) is 5.32 Å². The third-order valence-corrected chi connectivity index (χ3v) is 6.07. The summed E-state index contributed by atoms with van der Waals surface area (Å²) in [5, 5.41) is 2.93. The van der Waals surface area contributed by atoms with Crippen LogP contribution in [0.25, 0.3) is 0 Å². The van der Waals surface area contributed by atoms with Gasteiger partial charge in [0.2, 0.25) is 10.0 Å². The Hall–Kier alpha value is -3.04. The van der Waals surface area contributed by atoms with Gasteiger partial charge in [-0.3, -0.25) is 9.10 Å². The highest BCUT2D eigenvalue weighted by Gasteiger charge is 2.30. The highest BCUT2D eigenvalue weighted by atomic mass is 35.5. The van der Waals surface area contributed by atoms with Gasteiger partial charge in [0.1, 0.15) is 0 Å². The van der Waals surface area contributed by atoms with Crippen molar-refractivity contribution in [3.63, 3.8) is 0 Å². The zero-order chi connectivity index (χ0) is 23.5. The lowest BCUT2D eigenvalue weighted by Crippen LogP contribution is -2.29. The lowest BCUT2D eigenvalue weighted by Gasteiger charge is -2.23. The van der Waals surface area contributed by atoms with Gasteiger partial charge in [0.15, 0.2) is 0 Å². The fourth-order valence-electron chi connectivity index (χ4n) is 2.91. The molecule has 0 heterocycles. The maximum absolute atomic E-state index is 12.7. The second-order valence-corrected chi connectivity index (χ2v) is 9.25. The average Bonchev–Trinajstić information content (AvgIpc) is 2.72. The molecular weight excluding hydrogens is 465 g/mol. The predicted molar refractivity (Wildman–Crippen MR) is 118 cm³/mol. The van der Waals surface area contributed by atoms with Gasteiger partial charge in [-0.15, -0.1) is 0 Å². The molecule has 0 fully saturated rings. The Bertz CT molecular complexity index is 1210. The zero-order valence-electron chi connectivity index (χ0n) is 16.7. The molecule has 0 saturated carbocycles. The van der Waals surface area contributed by atoms with E-state index in [1.165, 1.54) is 24.3 Å². The minimum Gasteiger partial charge on any atom is -0.322 e. The van der Waals surface area contributed by atoms with E-state index in [-0.39, 0.29) is 17.8 Å². The van der Waals surface area contributed by atoms with Crippen LogP contribution in [0.2, 0.25) is 5.02 Å². The van der Waals surface area contributed by atoms with Gasteiger partial charge in [0.05, 0.1) is 24.1 Å². The highest BCUT2D eigenvalue weighted by molar-refractivity contribution is 7.92. The summed E-state index contributed by atoms with van der Waals surface area (Å²) in [5.41, 5.74) is 0.532. The van der Waals surface area contributed by atoms with Crippen LogP contribution < -0.4 is 9.62 Å². The Labute approximate surface area is 188 Å². The summed E-state index contributed by atoms with van der Waals surface area (Å²) in [5.74, 6) is -0.548. The molecule has 0 aliphatic rings. The Morgan fingerprint density at radius 3 is 2.09 bits per heavy atom. The number of anilines is 2. The molecule has 0 aliphatic heterocycles. The van der Waals surface area contributed by atoms with Gasteiger partial charge < -0.3 is 5.32 Å². The SMILES string of the molecule is CS(=O)(=O)N(Cc1ccccc1Cl)c1ccc(C(=O)Nc2ccc(C(F)(F)F)cc2)cc1. The highest BCUT2D eigenvalue weighted by Crippen LogP contribution is 2.30. The number of sulfonamides is 1. The van der Waals surface area contributed by atoms with E-state index in [9.17, 15) is 26.4 Å². The molecule has 168 valence electrons. The summed E-state index contributed by atoms with van der Waals surface area (Å²) in [6.07, 6.45) is -3.40. The molecule has 0 atom stereocenters. The second kappa shape index (κ2) is 9.22. The van der Waals surface area contributed by atoms with E-state index in [1.54, 1.807) is 24.3 Å². The molecule has 1 N–H and O–H groups in total. The van der Waals surface area contributed by atoms with Crippen molar-refractivity contribution >= 4 is 38.9 Å². The molecule has 0 radical (unpaired) electrons. The van der Waals surface area contributed by atoms with Crippen LogP contribution in [0.5, 0.6) is 0 Å². The fourth-order valence-corrected chi connectivity index (χ4v) is 3.98. The normalized spacial score (nSPS) is 11.8. The Morgan fingerprint density at radius 1 is 0.969 bits per heavy atom. The van der Waals surface area contributed by atoms with Crippen molar-refractivity contribution in [3.05, 3.63) is 94.5 Å². The summed E-state index contributed by atoms with van der Waals surface area (Å²) in [7, 11) is -3.65. The molecule has 3 rings (SSSR count).